The van der Waals surface area contributed by atoms with Crippen LogP contribution in [0.1, 0.15) is 47.0 Å². The van der Waals surface area contributed by atoms with Gasteiger partial charge in [-0.15, -0.1) is 12.3 Å². The van der Waals surface area contributed by atoms with E-state index < -0.39 is 0 Å². The van der Waals surface area contributed by atoms with Gasteiger partial charge in [-0.05, 0) is 24.8 Å². The summed E-state index contributed by atoms with van der Waals surface area (Å²) in [6, 6.07) is 0.584. The molecular weight excluding hydrogens is 158 g/mol. The largest absolute Gasteiger partial charge is 0.314 e. The zero-order valence-corrected chi connectivity index (χ0v) is 9.48. The topological polar surface area (TPSA) is 12.0 Å². The molecule has 0 aliphatic rings. The minimum absolute atomic E-state index is 0.390. The molecule has 1 nitrogen and oxygen atoms in total. The Morgan fingerprint density at radius 2 is 2.00 bits per heavy atom. The molecule has 0 amide bonds. The molecule has 0 aliphatic carbocycles. The van der Waals surface area contributed by atoms with Crippen molar-refractivity contribution in [3.05, 3.63) is 0 Å². The first-order chi connectivity index (χ1) is 5.99. The van der Waals surface area contributed by atoms with Gasteiger partial charge < -0.3 is 5.32 Å². The molecule has 1 heteroatoms. The van der Waals surface area contributed by atoms with Crippen LogP contribution in [0.4, 0.5) is 0 Å². The second kappa shape index (κ2) is 6.05. The van der Waals surface area contributed by atoms with Crippen LogP contribution >= 0.6 is 0 Å². The summed E-state index contributed by atoms with van der Waals surface area (Å²) in [5.41, 5.74) is 0.390. The van der Waals surface area contributed by atoms with E-state index in [4.69, 9.17) is 6.42 Å². The number of terminal acetylenes is 1. The van der Waals surface area contributed by atoms with Gasteiger partial charge in [-0.25, -0.2) is 0 Å². The smallest absolute Gasteiger partial charge is 0.0101 e. The van der Waals surface area contributed by atoms with Crippen LogP contribution in [-0.2, 0) is 0 Å². The Bertz CT molecular complexity index is 159. The molecular formula is C12H23N. The Labute approximate surface area is 83.3 Å². The van der Waals surface area contributed by atoms with Gasteiger partial charge in [-0.2, -0.15) is 0 Å². The zero-order valence-electron chi connectivity index (χ0n) is 9.48. The first kappa shape index (κ1) is 12.5. The van der Waals surface area contributed by atoms with Crippen molar-refractivity contribution in [1.82, 2.24) is 5.32 Å². The highest BCUT2D eigenvalue weighted by atomic mass is 14.9. The average molecular weight is 181 g/mol. The van der Waals surface area contributed by atoms with Crippen LogP contribution < -0.4 is 5.32 Å². The number of hydrogen-bond acceptors (Lipinski definition) is 1. The number of nitrogens with one attached hydrogen (secondary N) is 1. The van der Waals surface area contributed by atoms with E-state index in [1.165, 1.54) is 6.42 Å². The van der Waals surface area contributed by atoms with E-state index in [0.717, 1.165) is 19.4 Å². The molecule has 0 aromatic heterocycles. The Hall–Kier alpha value is -0.480. The summed E-state index contributed by atoms with van der Waals surface area (Å²) in [7, 11) is 0. The molecule has 0 saturated carbocycles. The van der Waals surface area contributed by atoms with Gasteiger partial charge >= 0.3 is 0 Å². The lowest BCUT2D eigenvalue weighted by atomic mass is 9.86. The van der Waals surface area contributed by atoms with Crippen molar-refractivity contribution in [1.29, 1.82) is 0 Å². The fourth-order valence-electron chi connectivity index (χ4n) is 1.56. The lowest BCUT2D eigenvalue weighted by Crippen LogP contribution is -2.32. The van der Waals surface area contributed by atoms with Crippen molar-refractivity contribution in [2.75, 3.05) is 6.54 Å². The maximum Gasteiger partial charge on any atom is 0.0101 e. The van der Waals surface area contributed by atoms with Crippen LogP contribution in [0.5, 0.6) is 0 Å². The van der Waals surface area contributed by atoms with Gasteiger partial charge in [0.25, 0.3) is 0 Å². The highest BCUT2D eigenvalue weighted by molar-refractivity contribution is 4.86. The van der Waals surface area contributed by atoms with Crippen molar-refractivity contribution in [3.8, 4) is 12.3 Å². The Morgan fingerprint density at radius 1 is 1.38 bits per heavy atom. The average Bonchev–Trinajstić information content (AvgIpc) is 1.98. The number of hydrogen-bond donors (Lipinski definition) is 1. The maximum absolute atomic E-state index is 5.26. The molecule has 13 heavy (non-hydrogen) atoms. The first-order valence-electron chi connectivity index (χ1n) is 5.16. The monoisotopic (exact) mass is 181 g/mol. The normalized spacial score (nSPS) is 13.8. The Balaban J connectivity index is 3.88. The predicted molar refractivity (Wildman–Crippen MR) is 59.6 cm³/mol. The summed E-state index contributed by atoms with van der Waals surface area (Å²) >= 11 is 0. The SMILES string of the molecule is C#CCCC(CC(C)(C)C)NCC. The van der Waals surface area contributed by atoms with Gasteiger partial charge in [-0.3, -0.25) is 0 Å². The third-order valence-electron chi connectivity index (χ3n) is 1.99. The fraction of sp³-hybridized carbons (Fsp3) is 0.833. The van der Waals surface area contributed by atoms with E-state index in [2.05, 4.69) is 38.9 Å². The zero-order chi connectivity index (χ0) is 10.3. The standard InChI is InChI=1S/C12H23N/c1-6-8-9-11(13-7-2)10-12(3,4)5/h1,11,13H,7-10H2,2-5H3. The molecule has 0 heterocycles. The highest BCUT2D eigenvalue weighted by Gasteiger charge is 2.17. The summed E-state index contributed by atoms with van der Waals surface area (Å²) < 4.78 is 0. The highest BCUT2D eigenvalue weighted by Crippen LogP contribution is 2.22. The lowest BCUT2D eigenvalue weighted by Gasteiger charge is -2.26. The molecule has 0 aromatic rings. The molecule has 0 aromatic carbocycles. The van der Waals surface area contributed by atoms with Crippen molar-refractivity contribution >= 4 is 0 Å². The molecule has 76 valence electrons. The van der Waals surface area contributed by atoms with Crippen molar-refractivity contribution < 1.29 is 0 Å². The van der Waals surface area contributed by atoms with Crippen molar-refractivity contribution in [2.24, 2.45) is 5.41 Å². The van der Waals surface area contributed by atoms with Gasteiger partial charge in [0.05, 0.1) is 0 Å². The van der Waals surface area contributed by atoms with Gasteiger partial charge in [0.15, 0.2) is 0 Å². The third-order valence-corrected chi connectivity index (χ3v) is 1.99. The molecule has 0 aliphatic heterocycles. The van der Waals surface area contributed by atoms with E-state index in [9.17, 15) is 0 Å². The molecule has 1 N–H and O–H groups in total. The van der Waals surface area contributed by atoms with Crippen LogP contribution in [0.2, 0.25) is 0 Å². The second-order valence-electron chi connectivity index (χ2n) is 4.76. The molecule has 0 spiro atoms. The van der Waals surface area contributed by atoms with Crippen LogP contribution in [0.15, 0.2) is 0 Å². The van der Waals surface area contributed by atoms with Crippen molar-refractivity contribution in [2.45, 2.75) is 53.0 Å². The number of rotatable bonds is 5. The minimum atomic E-state index is 0.390. The minimum Gasteiger partial charge on any atom is -0.314 e. The van der Waals surface area contributed by atoms with Crippen molar-refractivity contribution in [3.63, 3.8) is 0 Å². The van der Waals surface area contributed by atoms with Gasteiger partial charge in [-0.1, -0.05) is 27.7 Å². The lowest BCUT2D eigenvalue weighted by molar-refractivity contribution is 0.302. The summed E-state index contributed by atoms with van der Waals surface area (Å²) in [6.45, 7) is 9.99. The molecule has 0 fully saturated rings. The quantitative estimate of drug-likeness (QED) is 0.643. The van der Waals surface area contributed by atoms with Gasteiger partial charge in [0.1, 0.15) is 0 Å². The maximum atomic E-state index is 5.26. The van der Waals surface area contributed by atoms with Crippen LogP contribution in [0, 0.1) is 17.8 Å². The summed E-state index contributed by atoms with van der Waals surface area (Å²) in [5.74, 6) is 2.70. The molecule has 0 rings (SSSR count). The van der Waals surface area contributed by atoms with E-state index in [-0.39, 0.29) is 0 Å². The molecule has 0 radical (unpaired) electrons. The van der Waals surface area contributed by atoms with E-state index in [1.807, 2.05) is 0 Å². The van der Waals surface area contributed by atoms with Gasteiger partial charge in [0.2, 0.25) is 0 Å². The van der Waals surface area contributed by atoms with Crippen LogP contribution in [0.25, 0.3) is 0 Å². The first-order valence-corrected chi connectivity index (χ1v) is 5.16. The van der Waals surface area contributed by atoms with Gasteiger partial charge in [0, 0.05) is 12.5 Å². The summed E-state index contributed by atoms with van der Waals surface area (Å²) in [6.07, 6.45) is 8.44. The van der Waals surface area contributed by atoms with E-state index in [0.29, 0.717) is 11.5 Å². The molecule has 0 saturated heterocycles. The predicted octanol–water partition coefficient (Wildman–Crippen LogP) is 2.81. The Kier molecular flexibility index (Phi) is 5.82. The third kappa shape index (κ3) is 7.87. The second-order valence-corrected chi connectivity index (χ2v) is 4.76. The van der Waals surface area contributed by atoms with E-state index in [1.54, 1.807) is 0 Å². The summed E-state index contributed by atoms with van der Waals surface area (Å²) in [5, 5.41) is 3.48. The molecule has 1 atom stereocenters. The van der Waals surface area contributed by atoms with Crippen LogP contribution in [-0.4, -0.2) is 12.6 Å². The van der Waals surface area contributed by atoms with E-state index >= 15 is 0 Å². The fourth-order valence-corrected chi connectivity index (χ4v) is 1.56. The molecule has 1 unspecified atom stereocenters. The van der Waals surface area contributed by atoms with Crippen LogP contribution in [0.3, 0.4) is 0 Å². The Morgan fingerprint density at radius 3 is 2.38 bits per heavy atom. The molecule has 0 bridgehead atoms. The summed E-state index contributed by atoms with van der Waals surface area (Å²) in [4.78, 5) is 0.